The molecular weight excluding hydrogens is 207 g/mol. The van der Waals surface area contributed by atoms with E-state index in [-0.39, 0.29) is 0 Å². The van der Waals surface area contributed by atoms with Crippen LogP contribution in [0.2, 0.25) is 0 Å². The van der Waals surface area contributed by atoms with E-state index in [0.29, 0.717) is 0 Å². The predicted octanol–water partition coefficient (Wildman–Crippen LogP) is 3.14. The van der Waals surface area contributed by atoms with Crippen molar-refractivity contribution >= 4 is 8.25 Å². The molecule has 0 aromatic heterocycles. The van der Waals surface area contributed by atoms with Crippen molar-refractivity contribution in [3.8, 4) is 0 Å². The molecule has 0 bridgehead atoms. The van der Waals surface area contributed by atoms with Crippen molar-refractivity contribution < 1.29 is 23.7 Å². The van der Waals surface area contributed by atoms with Gasteiger partial charge in [0.25, 0.3) is 0 Å². The van der Waals surface area contributed by atoms with Gasteiger partial charge >= 0.3 is 8.25 Å². The molecule has 0 rings (SSSR count). The van der Waals surface area contributed by atoms with Crippen LogP contribution in [0.4, 0.5) is 0 Å². The third kappa shape index (κ3) is 10.0. The standard InChI is InChI=1S/C8H18O5P/c1-7(2,3)10-12-14(9)13-11-8(4,5)6/h1-6H3. The van der Waals surface area contributed by atoms with E-state index >= 15 is 0 Å². The number of hydrogen-bond donors (Lipinski definition) is 0. The molecule has 0 N–H and O–H groups in total. The van der Waals surface area contributed by atoms with Crippen LogP contribution in [-0.2, 0) is 23.7 Å². The zero-order chi connectivity index (χ0) is 11.4. The maximum absolute atomic E-state index is 11.0. The van der Waals surface area contributed by atoms with Gasteiger partial charge in [0.15, 0.2) is 0 Å². The largest absolute Gasteiger partial charge is 0.427 e. The summed E-state index contributed by atoms with van der Waals surface area (Å²) in [5.41, 5.74) is -1.06. The maximum Gasteiger partial charge on any atom is 0.427 e. The monoisotopic (exact) mass is 225 g/mol. The predicted molar refractivity (Wildman–Crippen MR) is 51.5 cm³/mol. The first-order chi connectivity index (χ1) is 6.10. The Bertz CT molecular complexity index is 171. The quantitative estimate of drug-likeness (QED) is 0.418. The van der Waals surface area contributed by atoms with Gasteiger partial charge in [-0.3, -0.25) is 0 Å². The van der Waals surface area contributed by atoms with E-state index in [1.165, 1.54) is 0 Å². The van der Waals surface area contributed by atoms with Gasteiger partial charge in [-0.2, -0.15) is 0 Å². The summed E-state index contributed by atoms with van der Waals surface area (Å²) >= 11 is 0. The first-order valence-corrected chi connectivity index (χ1v) is 5.38. The first kappa shape index (κ1) is 13.9. The summed E-state index contributed by atoms with van der Waals surface area (Å²) in [5.74, 6) is 0. The first-order valence-electron chi connectivity index (χ1n) is 4.29. The summed E-state index contributed by atoms with van der Waals surface area (Å²) in [7, 11) is -2.40. The third-order valence-corrected chi connectivity index (χ3v) is 1.09. The summed E-state index contributed by atoms with van der Waals surface area (Å²) in [6.45, 7) is 10.6. The van der Waals surface area contributed by atoms with Crippen LogP contribution in [0.3, 0.4) is 0 Å². The molecule has 0 saturated carbocycles. The second-order valence-electron chi connectivity index (χ2n) is 4.76. The van der Waals surface area contributed by atoms with Gasteiger partial charge < -0.3 is 0 Å². The summed E-state index contributed by atoms with van der Waals surface area (Å²) in [4.78, 5) is 9.54. The van der Waals surface area contributed by atoms with Crippen molar-refractivity contribution in [1.29, 1.82) is 0 Å². The molecule has 0 aromatic carbocycles. The van der Waals surface area contributed by atoms with Gasteiger partial charge in [-0.15, -0.1) is 9.35 Å². The average Bonchev–Trinajstić information content (AvgIpc) is 1.94. The van der Waals surface area contributed by atoms with Crippen molar-refractivity contribution in [3.05, 3.63) is 0 Å². The van der Waals surface area contributed by atoms with Gasteiger partial charge in [0.05, 0.1) is 11.2 Å². The second kappa shape index (κ2) is 5.14. The van der Waals surface area contributed by atoms with E-state index < -0.39 is 19.5 Å². The Kier molecular flexibility index (Phi) is 5.12. The van der Waals surface area contributed by atoms with Crippen molar-refractivity contribution in [2.45, 2.75) is 52.7 Å². The average molecular weight is 225 g/mol. The van der Waals surface area contributed by atoms with Crippen molar-refractivity contribution in [1.82, 2.24) is 0 Å². The maximum atomic E-state index is 11.0. The van der Waals surface area contributed by atoms with Crippen molar-refractivity contribution in [2.24, 2.45) is 0 Å². The molecule has 1 radical (unpaired) electrons. The molecule has 14 heavy (non-hydrogen) atoms. The minimum atomic E-state index is -2.40. The van der Waals surface area contributed by atoms with Crippen molar-refractivity contribution in [3.63, 3.8) is 0 Å². The Morgan fingerprint density at radius 2 is 1.07 bits per heavy atom. The normalized spacial score (nSPS) is 13.0. The highest BCUT2D eigenvalue weighted by atomic mass is 31.1. The Balaban J connectivity index is 3.68. The van der Waals surface area contributed by atoms with Crippen LogP contribution in [0.15, 0.2) is 0 Å². The zero-order valence-electron chi connectivity index (χ0n) is 9.49. The van der Waals surface area contributed by atoms with Gasteiger partial charge in [0.2, 0.25) is 0 Å². The minimum absolute atomic E-state index is 0.532. The van der Waals surface area contributed by atoms with E-state index in [1.807, 2.05) is 0 Å². The highest BCUT2D eigenvalue weighted by molar-refractivity contribution is 7.32. The van der Waals surface area contributed by atoms with E-state index in [0.717, 1.165) is 0 Å². The molecule has 0 spiro atoms. The molecule has 0 aliphatic heterocycles. The van der Waals surface area contributed by atoms with Crippen LogP contribution >= 0.6 is 8.25 Å². The molecule has 0 heterocycles. The molecule has 0 saturated heterocycles. The Morgan fingerprint density at radius 1 is 0.786 bits per heavy atom. The second-order valence-corrected chi connectivity index (χ2v) is 5.51. The lowest BCUT2D eigenvalue weighted by Crippen LogP contribution is -2.19. The molecule has 0 atom stereocenters. The van der Waals surface area contributed by atoms with E-state index in [2.05, 4.69) is 9.35 Å². The fourth-order valence-corrected chi connectivity index (χ4v) is 0.891. The summed E-state index contributed by atoms with van der Waals surface area (Å²) < 4.78 is 19.9. The molecule has 0 aliphatic rings. The molecule has 5 nitrogen and oxygen atoms in total. The molecular formula is C8H18O5P. The third-order valence-electron chi connectivity index (χ3n) is 0.696. The van der Waals surface area contributed by atoms with Crippen LogP contribution in [-0.4, -0.2) is 11.2 Å². The number of rotatable bonds is 4. The Morgan fingerprint density at radius 3 is 1.29 bits per heavy atom. The molecule has 0 unspecified atom stereocenters. The SMILES string of the molecule is CC(C)(C)OO[P](=O)OOC(C)(C)C. The smallest absolute Gasteiger partial charge is 0.218 e. The Labute approximate surface area is 85.5 Å². The molecule has 85 valence electrons. The van der Waals surface area contributed by atoms with Crippen LogP contribution in [0.25, 0.3) is 0 Å². The van der Waals surface area contributed by atoms with E-state index in [4.69, 9.17) is 9.78 Å². The van der Waals surface area contributed by atoms with Crippen LogP contribution < -0.4 is 0 Å². The van der Waals surface area contributed by atoms with Gasteiger partial charge in [-0.1, -0.05) is 0 Å². The molecule has 0 aliphatic carbocycles. The topological polar surface area (TPSA) is 54.0 Å². The fourth-order valence-electron chi connectivity index (χ4n) is 0.297. The minimum Gasteiger partial charge on any atom is -0.218 e. The fraction of sp³-hybridized carbons (Fsp3) is 1.00. The lowest BCUT2D eigenvalue weighted by molar-refractivity contribution is -0.319. The lowest BCUT2D eigenvalue weighted by Gasteiger charge is -2.18. The summed E-state index contributed by atoms with van der Waals surface area (Å²) in [6, 6.07) is 0. The molecule has 6 heteroatoms. The number of hydrogen-bond acceptors (Lipinski definition) is 5. The summed E-state index contributed by atoms with van der Waals surface area (Å²) in [6.07, 6.45) is 0. The van der Waals surface area contributed by atoms with E-state index in [1.54, 1.807) is 41.5 Å². The van der Waals surface area contributed by atoms with Crippen LogP contribution in [0, 0.1) is 0 Å². The highest BCUT2D eigenvalue weighted by Gasteiger charge is 2.18. The highest BCUT2D eigenvalue weighted by Crippen LogP contribution is 2.29. The zero-order valence-corrected chi connectivity index (χ0v) is 10.4. The Hall–Kier alpha value is -0.0600. The van der Waals surface area contributed by atoms with Gasteiger partial charge in [0.1, 0.15) is 0 Å². The molecule has 0 amide bonds. The van der Waals surface area contributed by atoms with Gasteiger partial charge in [-0.05, 0) is 41.5 Å². The molecule has 0 fully saturated rings. The lowest BCUT2D eigenvalue weighted by atomic mass is 10.2. The van der Waals surface area contributed by atoms with Crippen molar-refractivity contribution in [2.75, 3.05) is 0 Å². The van der Waals surface area contributed by atoms with Gasteiger partial charge in [-0.25, -0.2) is 14.3 Å². The van der Waals surface area contributed by atoms with E-state index in [9.17, 15) is 4.57 Å². The molecule has 0 aromatic rings. The van der Waals surface area contributed by atoms with Gasteiger partial charge in [0, 0.05) is 0 Å². The summed E-state index contributed by atoms with van der Waals surface area (Å²) in [5, 5.41) is 0. The van der Waals surface area contributed by atoms with Crippen LogP contribution in [0.5, 0.6) is 0 Å². The van der Waals surface area contributed by atoms with Crippen LogP contribution in [0.1, 0.15) is 41.5 Å².